The number of para-hydroxylation sites is 1. The predicted octanol–water partition coefficient (Wildman–Crippen LogP) is 2.51. The number of ether oxygens (including phenoxy) is 1. The Bertz CT molecular complexity index is 1250. The number of aromatic nitrogens is 1. The zero-order chi connectivity index (χ0) is 24.4. The lowest BCUT2D eigenvalue weighted by Gasteiger charge is -2.34. The van der Waals surface area contributed by atoms with Gasteiger partial charge in [0.05, 0.1) is 17.5 Å². The highest BCUT2D eigenvalue weighted by molar-refractivity contribution is 7.22. The molecule has 3 aromatic rings. The molecule has 1 N–H and O–H groups in total. The standard InChI is InChI=1S/C25H27N5O4S/c1-34-19-6-3-7-20-23(19)27-25(35-20)29-14-12-28(13-15-29)11-10-26-24(33)17-4-2-5-18(16-17)30-21(31)8-9-22(30)32/h2-7,16H,8-15H2,1H3,(H,26,33). The van der Waals surface area contributed by atoms with Crippen molar-refractivity contribution < 1.29 is 19.1 Å². The van der Waals surface area contributed by atoms with Gasteiger partial charge in [-0.15, -0.1) is 0 Å². The molecule has 10 heteroatoms. The van der Waals surface area contributed by atoms with E-state index in [1.54, 1.807) is 42.7 Å². The molecule has 0 radical (unpaired) electrons. The quantitative estimate of drug-likeness (QED) is 0.506. The lowest BCUT2D eigenvalue weighted by molar-refractivity contribution is -0.121. The summed E-state index contributed by atoms with van der Waals surface area (Å²) in [5.41, 5.74) is 1.79. The SMILES string of the molecule is COc1cccc2sc(N3CCN(CCNC(=O)c4cccc(N5C(=O)CCC5=O)c4)CC3)nc12. The van der Waals surface area contributed by atoms with E-state index in [1.165, 1.54) is 0 Å². The third-order valence-corrected chi connectivity index (χ3v) is 7.45. The van der Waals surface area contributed by atoms with Gasteiger partial charge in [0.2, 0.25) is 11.8 Å². The monoisotopic (exact) mass is 493 g/mol. The van der Waals surface area contributed by atoms with Gasteiger partial charge in [-0.25, -0.2) is 4.98 Å². The number of carbonyl (C=O) groups excluding carboxylic acids is 3. The smallest absolute Gasteiger partial charge is 0.251 e. The van der Waals surface area contributed by atoms with Gasteiger partial charge in [-0.3, -0.25) is 24.2 Å². The highest BCUT2D eigenvalue weighted by atomic mass is 32.1. The van der Waals surface area contributed by atoms with Crippen LogP contribution in [0.25, 0.3) is 10.2 Å². The summed E-state index contributed by atoms with van der Waals surface area (Å²) < 4.78 is 6.55. The Labute approximate surface area is 207 Å². The highest BCUT2D eigenvalue weighted by Crippen LogP contribution is 2.34. The summed E-state index contributed by atoms with van der Waals surface area (Å²) in [6, 6.07) is 12.6. The average Bonchev–Trinajstić information content (AvgIpc) is 3.47. The van der Waals surface area contributed by atoms with Gasteiger partial charge in [0.15, 0.2) is 5.13 Å². The fourth-order valence-corrected chi connectivity index (χ4v) is 5.49. The highest BCUT2D eigenvalue weighted by Gasteiger charge is 2.30. The molecule has 2 fully saturated rings. The first kappa shape index (κ1) is 23.3. The van der Waals surface area contributed by atoms with E-state index in [1.807, 2.05) is 12.1 Å². The molecule has 182 valence electrons. The lowest BCUT2D eigenvalue weighted by atomic mass is 10.1. The summed E-state index contributed by atoms with van der Waals surface area (Å²) in [5.74, 6) is 0.130. The molecule has 0 bridgehead atoms. The molecule has 9 nitrogen and oxygen atoms in total. The van der Waals surface area contributed by atoms with E-state index in [0.717, 1.165) is 58.7 Å². The van der Waals surface area contributed by atoms with Crippen molar-refractivity contribution in [1.29, 1.82) is 0 Å². The third kappa shape index (κ3) is 4.85. The van der Waals surface area contributed by atoms with Gasteiger partial charge in [-0.05, 0) is 30.3 Å². The topological polar surface area (TPSA) is 95.1 Å². The van der Waals surface area contributed by atoms with Crippen LogP contribution in [0.4, 0.5) is 10.8 Å². The maximum atomic E-state index is 12.6. The van der Waals surface area contributed by atoms with Crippen LogP contribution in [0.3, 0.4) is 0 Å². The fraction of sp³-hybridized carbons (Fsp3) is 0.360. The second-order valence-electron chi connectivity index (χ2n) is 8.56. The zero-order valence-electron chi connectivity index (χ0n) is 19.5. The van der Waals surface area contributed by atoms with Crippen LogP contribution in [0.15, 0.2) is 42.5 Å². The van der Waals surface area contributed by atoms with E-state index in [0.29, 0.717) is 17.8 Å². The Kier molecular flexibility index (Phi) is 6.65. The fourth-order valence-electron chi connectivity index (χ4n) is 4.45. The number of thiazole rings is 1. The normalized spacial score (nSPS) is 16.8. The van der Waals surface area contributed by atoms with Gasteiger partial charge in [-0.2, -0.15) is 0 Å². The summed E-state index contributed by atoms with van der Waals surface area (Å²) in [5, 5.41) is 3.96. The minimum absolute atomic E-state index is 0.215. The van der Waals surface area contributed by atoms with E-state index in [9.17, 15) is 14.4 Å². The summed E-state index contributed by atoms with van der Waals surface area (Å²) >= 11 is 1.68. The minimum Gasteiger partial charge on any atom is -0.494 e. The van der Waals surface area contributed by atoms with Crippen molar-refractivity contribution in [3.05, 3.63) is 48.0 Å². The Morgan fingerprint density at radius 1 is 1.06 bits per heavy atom. The van der Waals surface area contributed by atoms with Crippen molar-refractivity contribution in [1.82, 2.24) is 15.2 Å². The van der Waals surface area contributed by atoms with Crippen molar-refractivity contribution in [2.45, 2.75) is 12.8 Å². The van der Waals surface area contributed by atoms with Gasteiger partial charge < -0.3 is 15.0 Å². The van der Waals surface area contributed by atoms with Gasteiger partial charge in [0.1, 0.15) is 11.3 Å². The predicted molar refractivity (Wildman–Crippen MR) is 135 cm³/mol. The Balaban J connectivity index is 1.11. The Morgan fingerprint density at radius 3 is 2.54 bits per heavy atom. The van der Waals surface area contributed by atoms with Gasteiger partial charge in [0.25, 0.3) is 5.91 Å². The number of nitrogens with zero attached hydrogens (tertiary/aromatic N) is 4. The number of amides is 3. The van der Waals surface area contributed by atoms with Gasteiger partial charge >= 0.3 is 0 Å². The maximum absolute atomic E-state index is 12.6. The van der Waals surface area contributed by atoms with Crippen LogP contribution in [0.2, 0.25) is 0 Å². The van der Waals surface area contributed by atoms with Gasteiger partial charge in [-0.1, -0.05) is 23.5 Å². The minimum atomic E-state index is -0.225. The number of piperazine rings is 1. The summed E-state index contributed by atoms with van der Waals surface area (Å²) in [4.78, 5) is 47.2. The molecule has 0 atom stereocenters. The van der Waals surface area contributed by atoms with E-state index < -0.39 is 0 Å². The first-order chi connectivity index (χ1) is 17.0. The van der Waals surface area contributed by atoms with Crippen LogP contribution in [0.5, 0.6) is 5.75 Å². The largest absolute Gasteiger partial charge is 0.494 e. The number of hydrogen-bond acceptors (Lipinski definition) is 8. The molecule has 2 aromatic carbocycles. The zero-order valence-corrected chi connectivity index (χ0v) is 20.3. The van der Waals surface area contributed by atoms with Gasteiger partial charge in [0, 0.05) is 57.7 Å². The van der Waals surface area contributed by atoms with Crippen molar-refractivity contribution in [2.75, 3.05) is 56.2 Å². The molecule has 0 aliphatic carbocycles. The Morgan fingerprint density at radius 2 is 1.80 bits per heavy atom. The molecule has 3 amide bonds. The van der Waals surface area contributed by atoms with Crippen LogP contribution >= 0.6 is 11.3 Å². The van der Waals surface area contributed by atoms with Crippen LogP contribution in [0.1, 0.15) is 23.2 Å². The molecule has 3 heterocycles. The second kappa shape index (κ2) is 10.0. The van der Waals surface area contributed by atoms with Crippen molar-refractivity contribution >= 4 is 50.1 Å². The number of imide groups is 1. The number of carbonyl (C=O) groups is 3. The number of rotatable bonds is 7. The molecular formula is C25H27N5O4S. The van der Waals surface area contributed by atoms with Crippen LogP contribution in [-0.4, -0.2) is 74.0 Å². The summed E-state index contributed by atoms with van der Waals surface area (Å²) in [6.07, 6.45) is 0.436. The van der Waals surface area contributed by atoms with Crippen LogP contribution in [0, 0.1) is 0 Å². The summed E-state index contributed by atoms with van der Waals surface area (Å²) in [7, 11) is 1.66. The number of methoxy groups -OCH3 is 1. The first-order valence-electron chi connectivity index (χ1n) is 11.7. The van der Waals surface area contributed by atoms with Crippen molar-refractivity contribution in [3.63, 3.8) is 0 Å². The molecule has 1 aromatic heterocycles. The molecule has 0 saturated carbocycles. The molecule has 0 unspecified atom stereocenters. The van der Waals surface area contributed by atoms with Crippen LogP contribution < -0.4 is 19.9 Å². The van der Waals surface area contributed by atoms with Crippen molar-refractivity contribution in [2.24, 2.45) is 0 Å². The number of nitrogens with one attached hydrogen (secondary N) is 1. The van der Waals surface area contributed by atoms with E-state index >= 15 is 0 Å². The van der Waals surface area contributed by atoms with E-state index in [-0.39, 0.29) is 30.6 Å². The maximum Gasteiger partial charge on any atom is 0.251 e. The second-order valence-corrected chi connectivity index (χ2v) is 9.57. The third-order valence-electron chi connectivity index (χ3n) is 6.37. The van der Waals surface area contributed by atoms with Crippen LogP contribution in [-0.2, 0) is 9.59 Å². The van der Waals surface area contributed by atoms with Crippen molar-refractivity contribution in [3.8, 4) is 5.75 Å². The molecule has 5 rings (SSSR count). The summed E-state index contributed by atoms with van der Waals surface area (Å²) in [6.45, 7) is 4.78. The first-order valence-corrected chi connectivity index (χ1v) is 12.5. The lowest BCUT2D eigenvalue weighted by Crippen LogP contribution is -2.48. The molecule has 2 aliphatic rings. The molecule has 35 heavy (non-hydrogen) atoms. The molecule has 2 saturated heterocycles. The average molecular weight is 494 g/mol. The molecule has 0 spiro atoms. The number of anilines is 2. The number of hydrogen-bond donors (Lipinski definition) is 1. The number of benzene rings is 2. The van der Waals surface area contributed by atoms with E-state index in [4.69, 9.17) is 9.72 Å². The molecular weight excluding hydrogens is 466 g/mol. The Hall–Kier alpha value is -3.50. The van der Waals surface area contributed by atoms with E-state index in [2.05, 4.69) is 21.2 Å². The number of fused-ring (bicyclic) bond motifs is 1. The molecule has 2 aliphatic heterocycles.